The fourth-order valence-electron chi connectivity index (χ4n) is 5.38. The second kappa shape index (κ2) is 4.26. The van der Waals surface area contributed by atoms with Crippen LogP contribution in [0.4, 0.5) is 0 Å². The highest BCUT2D eigenvalue weighted by molar-refractivity contribution is 5.04. The summed E-state index contributed by atoms with van der Waals surface area (Å²) in [5.74, 6) is 3.64. The topological polar surface area (TPSA) is 20.2 Å². The summed E-state index contributed by atoms with van der Waals surface area (Å²) in [6.07, 6.45) is 10.7. The minimum atomic E-state index is -0.00157. The van der Waals surface area contributed by atoms with Crippen LogP contribution in [-0.4, -0.2) is 11.2 Å². The molecule has 17 heavy (non-hydrogen) atoms. The number of hydrogen-bond donors (Lipinski definition) is 1. The van der Waals surface area contributed by atoms with Gasteiger partial charge in [-0.25, -0.2) is 0 Å². The summed E-state index contributed by atoms with van der Waals surface area (Å²) in [6, 6.07) is 0. The molecule has 0 heterocycles. The highest BCUT2D eigenvalue weighted by atomic mass is 16.3. The highest BCUT2D eigenvalue weighted by Gasteiger charge is 2.53. The minimum Gasteiger partial charge on any atom is -0.393 e. The summed E-state index contributed by atoms with van der Waals surface area (Å²) in [4.78, 5) is 0. The van der Waals surface area contributed by atoms with E-state index in [0.29, 0.717) is 5.41 Å². The van der Waals surface area contributed by atoms with Crippen molar-refractivity contribution in [2.45, 2.75) is 71.3 Å². The van der Waals surface area contributed by atoms with Crippen molar-refractivity contribution in [2.24, 2.45) is 29.1 Å². The number of aliphatic hydroxyl groups excluding tert-OH is 1. The summed E-state index contributed by atoms with van der Waals surface area (Å²) in [7, 11) is 0. The highest BCUT2D eigenvalue weighted by Crippen LogP contribution is 2.61. The average Bonchev–Trinajstić information content (AvgIpc) is 2.23. The zero-order chi connectivity index (χ0) is 12.0. The van der Waals surface area contributed by atoms with Crippen LogP contribution in [0.3, 0.4) is 0 Å². The van der Waals surface area contributed by atoms with Crippen molar-refractivity contribution in [3.05, 3.63) is 0 Å². The standard InChI is InChI=1S/C16H28O/c1-11(2)3-4-15(17)16-8-12-5-13(9-16)7-14(6-12)10-16/h11-15,17H,3-10H2,1-2H3. The first-order chi connectivity index (χ1) is 8.07. The van der Waals surface area contributed by atoms with Gasteiger partial charge in [0.05, 0.1) is 6.10 Å². The molecule has 0 amide bonds. The van der Waals surface area contributed by atoms with Gasteiger partial charge in [0.15, 0.2) is 0 Å². The van der Waals surface area contributed by atoms with Gasteiger partial charge in [-0.15, -0.1) is 0 Å². The second-order valence-corrected chi connectivity index (χ2v) is 7.77. The Hall–Kier alpha value is -0.0400. The minimum absolute atomic E-state index is 0.00157. The van der Waals surface area contributed by atoms with Crippen molar-refractivity contribution in [3.63, 3.8) is 0 Å². The summed E-state index contributed by atoms with van der Waals surface area (Å²) >= 11 is 0. The number of rotatable bonds is 4. The smallest absolute Gasteiger partial charge is 0.0596 e. The first kappa shape index (κ1) is 12.0. The molecule has 0 aliphatic heterocycles. The molecule has 4 bridgehead atoms. The molecule has 4 rings (SSSR count). The molecule has 1 nitrogen and oxygen atoms in total. The van der Waals surface area contributed by atoms with Gasteiger partial charge in [0, 0.05) is 0 Å². The van der Waals surface area contributed by atoms with E-state index in [1.54, 1.807) is 0 Å². The van der Waals surface area contributed by atoms with Gasteiger partial charge in [-0.05, 0) is 80.5 Å². The molecule has 4 fully saturated rings. The monoisotopic (exact) mass is 236 g/mol. The summed E-state index contributed by atoms with van der Waals surface area (Å²) < 4.78 is 0. The zero-order valence-electron chi connectivity index (χ0n) is 11.5. The quantitative estimate of drug-likeness (QED) is 0.782. The van der Waals surface area contributed by atoms with Crippen LogP contribution in [0.5, 0.6) is 0 Å². The third-order valence-electron chi connectivity index (χ3n) is 5.81. The van der Waals surface area contributed by atoms with Crippen LogP contribution in [0, 0.1) is 29.1 Å². The maximum Gasteiger partial charge on any atom is 0.0596 e. The van der Waals surface area contributed by atoms with Crippen molar-refractivity contribution in [1.29, 1.82) is 0 Å². The lowest BCUT2D eigenvalue weighted by Gasteiger charge is -2.58. The molecule has 1 atom stereocenters. The van der Waals surface area contributed by atoms with Gasteiger partial charge >= 0.3 is 0 Å². The molecule has 1 N–H and O–H groups in total. The molecule has 1 unspecified atom stereocenters. The van der Waals surface area contributed by atoms with E-state index < -0.39 is 0 Å². The lowest BCUT2D eigenvalue weighted by Crippen LogP contribution is -2.51. The summed E-state index contributed by atoms with van der Waals surface area (Å²) in [5.41, 5.74) is 0.351. The fraction of sp³-hybridized carbons (Fsp3) is 1.00. The molecule has 4 aliphatic carbocycles. The largest absolute Gasteiger partial charge is 0.393 e. The van der Waals surface area contributed by atoms with Gasteiger partial charge in [0.2, 0.25) is 0 Å². The van der Waals surface area contributed by atoms with E-state index in [9.17, 15) is 5.11 Å². The molecule has 0 saturated heterocycles. The molecule has 4 saturated carbocycles. The van der Waals surface area contributed by atoms with Gasteiger partial charge < -0.3 is 5.11 Å². The predicted octanol–water partition coefficient (Wildman–Crippen LogP) is 4.00. The van der Waals surface area contributed by atoms with Gasteiger partial charge in [0.1, 0.15) is 0 Å². The molecule has 4 aliphatic rings. The number of aliphatic hydroxyl groups is 1. The van der Waals surface area contributed by atoms with Gasteiger partial charge in [-0.3, -0.25) is 0 Å². The van der Waals surface area contributed by atoms with E-state index in [1.165, 1.54) is 44.9 Å². The maximum atomic E-state index is 10.7. The average molecular weight is 236 g/mol. The molecule has 0 spiro atoms. The molecular weight excluding hydrogens is 208 g/mol. The molecule has 0 aromatic heterocycles. The van der Waals surface area contributed by atoms with E-state index in [4.69, 9.17) is 0 Å². The third kappa shape index (κ3) is 2.16. The third-order valence-corrected chi connectivity index (χ3v) is 5.81. The summed E-state index contributed by atoms with van der Waals surface area (Å²) in [5, 5.41) is 10.7. The molecular formula is C16H28O. The Labute approximate surface area is 106 Å². The van der Waals surface area contributed by atoms with E-state index in [0.717, 1.165) is 30.1 Å². The van der Waals surface area contributed by atoms with Crippen molar-refractivity contribution in [1.82, 2.24) is 0 Å². The Bertz CT molecular complexity index is 246. The van der Waals surface area contributed by atoms with Crippen molar-refractivity contribution in [3.8, 4) is 0 Å². The van der Waals surface area contributed by atoms with Gasteiger partial charge in [0.25, 0.3) is 0 Å². The molecule has 0 aromatic rings. The SMILES string of the molecule is CC(C)CCC(O)C12CC3CC(CC(C3)C1)C2. The van der Waals surface area contributed by atoms with E-state index in [-0.39, 0.29) is 6.10 Å². The zero-order valence-corrected chi connectivity index (χ0v) is 11.5. The van der Waals surface area contributed by atoms with E-state index in [2.05, 4.69) is 13.8 Å². The first-order valence-corrected chi connectivity index (χ1v) is 7.75. The van der Waals surface area contributed by atoms with Crippen LogP contribution < -0.4 is 0 Å². The van der Waals surface area contributed by atoms with Crippen LogP contribution >= 0.6 is 0 Å². The predicted molar refractivity (Wildman–Crippen MR) is 70.7 cm³/mol. The van der Waals surface area contributed by atoms with Gasteiger partial charge in [-0.2, -0.15) is 0 Å². The number of hydrogen-bond acceptors (Lipinski definition) is 1. The Morgan fingerprint density at radius 1 is 0.941 bits per heavy atom. The Morgan fingerprint density at radius 3 is 1.82 bits per heavy atom. The van der Waals surface area contributed by atoms with Crippen molar-refractivity contribution >= 4 is 0 Å². The van der Waals surface area contributed by atoms with Crippen LogP contribution in [0.15, 0.2) is 0 Å². The van der Waals surface area contributed by atoms with E-state index >= 15 is 0 Å². The molecule has 1 heteroatoms. The molecule has 98 valence electrons. The Morgan fingerprint density at radius 2 is 1.41 bits per heavy atom. The molecule has 0 radical (unpaired) electrons. The second-order valence-electron chi connectivity index (χ2n) is 7.77. The maximum absolute atomic E-state index is 10.7. The Kier molecular flexibility index (Phi) is 3.01. The van der Waals surface area contributed by atoms with Crippen LogP contribution in [0.25, 0.3) is 0 Å². The lowest BCUT2D eigenvalue weighted by molar-refractivity contribution is -0.123. The van der Waals surface area contributed by atoms with Gasteiger partial charge in [-0.1, -0.05) is 13.8 Å². The van der Waals surface area contributed by atoms with Crippen LogP contribution in [0.1, 0.15) is 65.2 Å². The van der Waals surface area contributed by atoms with Crippen LogP contribution in [0.2, 0.25) is 0 Å². The van der Waals surface area contributed by atoms with Crippen molar-refractivity contribution < 1.29 is 5.11 Å². The van der Waals surface area contributed by atoms with E-state index in [1.807, 2.05) is 0 Å². The Balaban J connectivity index is 1.68. The summed E-state index contributed by atoms with van der Waals surface area (Å²) in [6.45, 7) is 4.54. The van der Waals surface area contributed by atoms with Crippen molar-refractivity contribution in [2.75, 3.05) is 0 Å². The van der Waals surface area contributed by atoms with Crippen LogP contribution in [-0.2, 0) is 0 Å². The normalized spacial score (nSPS) is 45.5. The lowest BCUT2D eigenvalue weighted by atomic mass is 9.48. The molecule has 0 aromatic carbocycles. The first-order valence-electron chi connectivity index (χ1n) is 7.75. The fourth-order valence-corrected chi connectivity index (χ4v) is 5.38.